The maximum atomic E-state index is 12.7. The third-order valence-electron chi connectivity index (χ3n) is 3.22. The second-order valence-corrected chi connectivity index (χ2v) is 4.93. The summed E-state index contributed by atoms with van der Waals surface area (Å²) in [5.41, 5.74) is 2.47. The summed E-state index contributed by atoms with van der Waals surface area (Å²) in [6.07, 6.45) is 0. The van der Waals surface area contributed by atoms with Crippen LogP contribution < -0.4 is 5.56 Å². The van der Waals surface area contributed by atoms with Crippen LogP contribution in [0.2, 0.25) is 0 Å². The Morgan fingerprint density at radius 2 is 1.95 bits per heavy atom. The Morgan fingerprint density at radius 1 is 1.15 bits per heavy atom. The lowest BCUT2D eigenvalue weighted by Crippen LogP contribution is -2.23. The summed E-state index contributed by atoms with van der Waals surface area (Å²) in [6.45, 7) is 1.99. The van der Waals surface area contributed by atoms with Crippen LogP contribution in [0.4, 0.5) is 0 Å². The normalized spacial score (nSPS) is 10.9. The molecule has 0 amide bonds. The molecule has 1 aromatic heterocycles. The van der Waals surface area contributed by atoms with Crippen molar-refractivity contribution in [3.8, 4) is 5.69 Å². The molecule has 0 aliphatic carbocycles. The number of hydrogen-bond donors (Lipinski definition) is 0. The zero-order valence-corrected chi connectivity index (χ0v) is 11.8. The molecule has 0 saturated heterocycles. The molecule has 0 aliphatic rings. The number of fused-ring (bicyclic) bond motifs is 1. The lowest BCUT2D eigenvalue weighted by Gasteiger charge is -2.12. The first-order valence-electron chi connectivity index (χ1n) is 6.34. The number of hydrogen-bond acceptors (Lipinski definition) is 2. The van der Waals surface area contributed by atoms with Gasteiger partial charge in [0.15, 0.2) is 0 Å². The molecule has 100 valence electrons. The van der Waals surface area contributed by atoms with E-state index in [1.165, 1.54) is 0 Å². The van der Waals surface area contributed by atoms with Crippen molar-refractivity contribution >= 4 is 22.5 Å². The standard InChI is InChI=1S/C16H13ClN2O/c1-11-5-4-6-12(9-11)19-15(10-17)18-14-8-3-2-7-13(14)16(19)20/h2-9H,10H2,1H3. The highest BCUT2D eigenvalue weighted by atomic mass is 35.5. The Bertz CT molecular complexity index is 839. The Balaban J connectivity index is 2.40. The third kappa shape index (κ3) is 2.10. The van der Waals surface area contributed by atoms with E-state index in [1.807, 2.05) is 49.4 Å². The lowest BCUT2D eigenvalue weighted by atomic mass is 10.2. The van der Waals surface area contributed by atoms with E-state index < -0.39 is 0 Å². The Hall–Kier alpha value is -2.13. The van der Waals surface area contributed by atoms with E-state index in [0.717, 1.165) is 11.3 Å². The summed E-state index contributed by atoms with van der Waals surface area (Å²) in [4.78, 5) is 17.2. The number of para-hydroxylation sites is 1. The van der Waals surface area contributed by atoms with E-state index in [0.29, 0.717) is 16.7 Å². The molecular weight excluding hydrogens is 272 g/mol. The molecule has 2 aromatic carbocycles. The fourth-order valence-corrected chi connectivity index (χ4v) is 2.48. The van der Waals surface area contributed by atoms with Crippen molar-refractivity contribution in [2.75, 3.05) is 0 Å². The van der Waals surface area contributed by atoms with E-state index in [4.69, 9.17) is 11.6 Å². The SMILES string of the molecule is Cc1cccc(-n2c(CCl)nc3ccccc3c2=O)c1. The maximum Gasteiger partial charge on any atom is 0.266 e. The number of benzene rings is 2. The predicted octanol–water partition coefficient (Wildman–Crippen LogP) is 3.43. The lowest BCUT2D eigenvalue weighted by molar-refractivity contribution is 0.880. The largest absolute Gasteiger partial charge is 0.268 e. The fraction of sp³-hybridized carbons (Fsp3) is 0.125. The quantitative estimate of drug-likeness (QED) is 0.676. The van der Waals surface area contributed by atoms with E-state index in [2.05, 4.69) is 4.98 Å². The minimum Gasteiger partial charge on any atom is -0.268 e. The summed E-state index contributed by atoms with van der Waals surface area (Å²) in [6, 6.07) is 15.1. The van der Waals surface area contributed by atoms with Gasteiger partial charge in [-0.3, -0.25) is 9.36 Å². The van der Waals surface area contributed by atoms with Gasteiger partial charge in [0.1, 0.15) is 5.82 Å². The van der Waals surface area contributed by atoms with Crippen LogP contribution in [-0.4, -0.2) is 9.55 Å². The average Bonchev–Trinajstić information content (AvgIpc) is 2.47. The van der Waals surface area contributed by atoms with Gasteiger partial charge >= 0.3 is 0 Å². The number of aromatic nitrogens is 2. The summed E-state index contributed by atoms with van der Waals surface area (Å²) >= 11 is 5.97. The zero-order chi connectivity index (χ0) is 14.1. The van der Waals surface area contributed by atoms with Gasteiger partial charge in [-0.1, -0.05) is 24.3 Å². The van der Waals surface area contributed by atoms with E-state index >= 15 is 0 Å². The Labute approximate surface area is 121 Å². The monoisotopic (exact) mass is 284 g/mol. The molecule has 0 spiro atoms. The first-order valence-corrected chi connectivity index (χ1v) is 6.88. The first kappa shape index (κ1) is 12.9. The second-order valence-electron chi connectivity index (χ2n) is 4.66. The summed E-state index contributed by atoms with van der Waals surface area (Å²) in [5.74, 6) is 0.745. The molecule has 20 heavy (non-hydrogen) atoms. The van der Waals surface area contributed by atoms with Gasteiger partial charge in [-0.25, -0.2) is 4.98 Å². The van der Waals surface area contributed by atoms with Gasteiger partial charge in [-0.05, 0) is 36.8 Å². The summed E-state index contributed by atoms with van der Waals surface area (Å²) < 4.78 is 1.59. The zero-order valence-electron chi connectivity index (χ0n) is 11.0. The van der Waals surface area contributed by atoms with Crippen molar-refractivity contribution in [3.05, 3.63) is 70.3 Å². The van der Waals surface area contributed by atoms with Gasteiger partial charge in [0.05, 0.1) is 22.5 Å². The molecule has 3 aromatic rings. The number of alkyl halides is 1. The van der Waals surface area contributed by atoms with E-state index in [-0.39, 0.29) is 11.4 Å². The van der Waals surface area contributed by atoms with Gasteiger partial charge in [-0.15, -0.1) is 11.6 Å². The molecule has 0 N–H and O–H groups in total. The van der Waals surface area contributed by atoms with Crippen molar-refractivity contribution in [1.82, 2.24) is 9.55 Å². The highest BCUT2D eigenvalue weighted by molar-refractivity contribution is 6.16. The van der Waals surface area contributed by atoms with Gasteiger partial charge in [0.2, 0.25) is 0 Å². The van der Waals surface area contributed by atoms with Gasteiger partial charge in [-0.2, -0.15) is 0 Å². The van der Waals surface area contributed by atoms with Gasteiger partial charge in [0.25, 0.3) is 5.56 Å². The molecule has 3 rings (SSSR count). The minimum absolute atomic E-state index is 0.0862. The van der Waals surface area contributed by atoms with Crippen LogP contribution in [0, 0.1) is 6.92 Å². The smallest absolute Gasteiger partial charge is 0.266 e. The minimum atomic E-state index is -0.0862. The average molecular weight is 285 g/mol. The molecule has 0 radical (unpaired) electrons. The number of nitrogens with zero attached hydrogens (tertiary/aromatic N) is 2. The molecule has 3 nitrogen and oxygen atoms in total. The Kier molecular flexibility index (Phi) is 3.28. The highest BCUT2D eigenvalue weighted by Gasteiger charge is 2.11. The van der Waals surface area contributed by atoms with Crippen LogP contribution in [0.25, 0.3) is 16.6 Å². The van der Waals surface area contributed by atoms with E-state index in [1.54, 1.807) is 10.6 Å². The van der Waals surface area contributed by atoms with Crippen molar-refractivity contribution in [2.24, 2.45) is 0 Å². The maximum absolute atomic E-state index is 12.7. The third-order valence-corrected chi connectivity index (χ3v) is 3.46. The van der Waals surface area contributed by atoms with Crippen molar-refractivity contribution in [2.45, 2.75) is 12.8 Å². The van der Waals surface area contributed by atoms with Crippen molar-refractivity contribution in [1.29, 1.82) is 0 Å². The number of halogens is 1. The van der Waals surface area contributed by atoms with Crippen molar-refractivity contribution < 1.29 is 0 Å². The van der Waals surface area contributed by atoms with Crippen LogP contribution >= 0.6 is 11.6 Å². The predicted molar refractivity (Wildman–Crippen MR) is 81.6 cm³/mol. The van der Waals surface area contributed by atoms with Crippen LogP contribution in [0.3, 0.4) is 0 Å². The topological polar surface area (TPSA) is 34.9 Å². The molecule has 0 fully saturated rings. The molecule has 1 heterocycles. The first-order chi connectivity index (χ1) is 9.70. The van der Waals surface area contributed by atoms with Crippen LogP contribution in [0.1, 0.15) is 11.4 Å². The van der Waals surface area contributed by atoms with Crippen LogP contribution in [0.15, 0.2) is 53.3 Å². The molecule has 0 atom stereocenters. The molecule has 0 saturated carbocycles. The second kappa shape index (κ2) is 5.10. The molecule has 0 aliphatic heterocycles. The fourth-order valence-electron chi connectivity index (χ4n) is 2.30. The van der Waals surface area contributed by atoms with Crippen molar-refractivity contribution in [3.63, 3.8) is 0 Å². The number of rotatable bonds is 2. The van der Waals surface area contributed by atoms with Gasteiger partial charge < -0.3 is 0 Å². The summed E-state index contributed by atoms with van der Waals surface area (Å²) in [7, 11) is 0. The Morgan fingerprint density at radius 3 is 2.70 bits per heavy atom. The molecule has 4 heteroatoms. The number of aryl methyl sites for hydroxylation is 1. The highest BCUT2D eigenvalue weighted by Crippen LogP contribution is 2.15. The van der Waals surface area contributed by atoms with Crippen LogP contribution in [0.5, 0.6) is 0 Å². The molecule has 0 unspecified atom stereocenters. The van der Waals surface area contributed by atoms with E-state index in [9.17, 15) is 4.79 Å². The van der Waals surface area contributed by atoms with Gasteiger partial charge in [0, 0.05) is 0 Å². The summed E-state index contributed by atoms with van der Waals surface area (Å²) in [5, 5.41) is 0.600. The molecule has 0 bridgehead atoms. The van der Waals surface area contributed by atoms with Crippen LogP contribution in [-0.2, 0) is 5.88 Å². The molecular formula is C16H13ClN2O.